The van der Waals surface area contributed by atoms with Crippen molar-refractivity contribution in [1.82, 2.24) is 20.4 Å². The summed E-state index contributed by atoms with van der Waals surface area (Å²) >= 11 is 0. The zero-order valence-electron chi connectivity index (χ0n) is 10.5. The molecule has 1 unspecified atom stereocenters. The first kappa shape index (κ1) is 11.6. The molecule has 0 amide bonds. The van der Waals surface area contributed by atoms with Crippen LogP contribution >= 0.6 is 0 Å². The zero-order valence-corrected chi connectivity index (χ0v) is 10.5. The summed E-state index contributed by atoms with van der Waals surface area (Å²) in [6, 6.07) is 2.70. The van der Waals surface area contributed by atoms with E-state index in [0.29, 0.717) is 6.04 Å². The lowest BCUT2D eigenvalue weighted by Gasteiger charge is -2.17. The molecule has 0 aliphatic heterocycles. The Morgan fingerprint density at radius 3 is 2.94 bits per heavy atom. The largest absolute Gasteiger partial charge is 0.308 e. The summed E-state index contributed by atoms with van der Waals surface area (Å²) in [6.45, 7) is 4.15. The van der Waals surface area contributed by atoms with Crippen molar-refractivity contribution in [2.24, 2.45) is 0 Å². The molecule has 1 atom stereocenters. The molecule has 0 saturated heterocycles. The summed E-state index contributed by atoms with van der Waals surface area (Å²) < 4.78 is 0. The molecule has 1 aliphatic rings. The maximum absolute atomic E-state index is 4.34. The van der Waals surface area contributed by atoms with E-state index in [2.05, 4.69) is 47.5 Å². The summed E-state index contributed by atoms with van der Waals surface area (Å²) in [5.74, 6) is 0.740. The van der Waals surface area contributed by atoms with Gasteiger partial charge < -0.3 is 10.2 Å². The van der Waals surface area contributed by atoms with Crippen LogP contribution in [0.25, 0.3) is 0 Å². The predicted octanol–water partition coefficient (Wildman–Crippen LogP) is 1.33. The number of hydrogen-bond donors (Lipinski definition) is 2. The fourth-order valence-corrected chi connectivity index (χ4v) is 1.95. The van der Waals surface area contributed by atoms with Crippen molar-refractivity contribution in [2.75, 3.05) is 20.6 Å². The van der Waals surface area contributed by atoms with Gasteiger partial charge in [-0.15, -0.1) is 0 Å². The highest BCUT2D eigenvalue weighted by Gasteiger charge is 2.25. The van der Waals surface area contributed by atoms with Crippen molar-refractivity contribution in [1.29, 1.82) is 0 Å². The van der Waals surface area contributed by atoms with Crippen molar-refractivity contribution in [3.05, 3.63) is 17.5 Å². The molecule has 1 saturated carbocycles. The summed E-state index contributed by atoms with van der Waals surface area (Å²) in [5, 5.41) is 10.9. The molecule has 1 heterocycles. The second-order valence-corrected chi connectivity index (χ2v) is 5.14. The van der Waals surface area contributed by atoms with Crippen LogP contribution in [0, 0.1) is 0 Å². The predicted molar refractivity (Wildman–Crippen MR) is 65.4 cm³/mol. The Balaban J connectivity index is 1.75. The van der Waals surface area contributed by atoms with Gasteiger partial charge in [0, 0.05) is 30.7 Å². The maximum atomic E-state index is 4.34. The third kappa shape index (κ3) is 3.32. The van der Waals surface area contributed by atoms with Gasteiger partial charge in [0.25, 0.3) is 0 Å². The zero-order chi connectivity index (χ0) is 11.5. The molecule has 0 aromatic carbocycles. The number of aromatic nitrogens is 2. The number of H-pyrrole nitrogens is 1. The Labute approximate surface area is 97.4 Å². The molecule has 1 fully saturated rings. The highest BCUT2D eigenvalue weighted by Crippen LogP contribution is 2.38. The minimum atomic E-state index is 0.502. The number of nitrogens with one attached hydrogen (secondary N) is 2. The second-order valence-electron chi connectivity index (χ2n) is 5.14. The lowest BCUT2D eigenvalue weighted by molar-refractivity contribution is 0.348. The van der Waals surface area contributed by atoms with Crippen LogP contribution in [0.3, 0.4) is 0 Å². The highest BCUT2D eigenvalue weighted by atomic mass is 15.1. The van der Waals surface area contributed by atoms with E-state index in [9.17, 15) is 0 Å². The summed E-state index contributed by atoms with van der Waals surface area (Å²) in [4.78, 5) is 2.19. The van der Waals surface area contributed by atoms with E-state index in [-0.39, 0.29) is 0 Å². The Bertz CT molecular complexity index is 328. The average Bonchev–Trinajstić information content (AvgIpc) is 2.94. The highest BCUT2D eigenvalue weighted by molar-refractivity contribution is 5.17. The molecule has 0 bridgehead atoms. The first-order chi connectivity index (χ1) is 7.65. The van der Waals surface area contributed by atoms with E-state index in [1.165, 1.54) is 24.2 Å². The topological polar surface area (TPSA) is 44.0 Å². The van der Waals surface area contributed by atoms with Crippen molar-refractivity contribution in [3.8, 4) is 0 Å². The first-order valence-corrected chi connectivity index (χ1v) is 6.07. The Hall–Kier alpha value is -0.870. The van der Waals surface area contributed by atoms with Gasteiger partial charge in [-0.25, -0.2) is 0 Å². The minimum absolute atomic E-state index is 0.502. The normalized spacial score (nSPS) is 18.0. The Morgan fingerprint density at radius 2 is 2.31 bits per heavy atom. The molecule has 16 heavy (non-hydrogen) atoms. The molecular weight excluding hydrogens is 200 g/mol. The summed E-state index contributed by atoms with van der Waals surface area (Å²) in [5.41, 5.74) is 2.45. The van der Waals surface area contributed by atoms with Crippen molar-refractivity contribution < 1.29 is 0 Å². The molecule has 1 aromatic heterocycles. The van der Waals surface area contributed by atoms with E-state index in [1.54, 1.807) is 0 Å². The maximum Gasteiger partial charge on any atom is 0.0656 e. The average molecular weight is 222 g/mol. The van der Waals surface area contributed by atoms with Gasteiger partial charge in [-0.2, -0.15) is 5.10 Å². The monoisotopic (exact) mass is 222 g/mol. The minimum Gasteiger partial charge on any atom is -0.308 e. The molecule has 2 rings (SSSR count). The fraction of sp³-hybridized carbons (Fsp3) is 0.750. The van der Waals surface area contributed by atoms with Gasteiger partial charge >= 0.3 is 0 Å². The van der Waals surface area contributed by atoms with Gasteiger partial charge in [-0.1, -0.05) is 0 Å². The SMILES string of the molecule is CC(CN(C)C)NCc1cc(C2CC2)n[nH]1. The van der Waals surface area contributed by atoms with Gasteiger partial charge in [0.2, 0.25) is 0 Å². The van der Waals surface area contributed by atoms with Crippen LogP contribution in [-0.2, 0) is 6.54 Å². The summed E-state index contributed by atoms with van der Waals surface area (Å²) in [7, 11) is 4.19. The smallest absolute Gasteiger partial charge is 0.0656 e. The van der Waals surface area contributed by atoms with Crippen LogP contribution in [0.4, 0.5) is 0 Å². The first-order valence-electron chi connectivity index (χ1n) is 6.07. The standard InChI is InChI=1S/C12H22N4/c1-9(8-16(2)3)13-7-11-6-12(15-14-11)10-4-5-10/h6,9-10,13H,4-5,7-8H2,1-3H3,(H,14,15). The van der Waals surface area contributed by atoms with Crippen LogP contribution in [0.1, 0.15) is 37.1 Å². The number of nitrogens with zero attached hydrogens (tertiary/aromatic N) is 2. The quantitative estimate of drug-likeness (QED) is 0.763. The van der Waals surface area contributed by atoms with Gasteiger partial charge in [0.05, 0.1) is 5.69 Å². The van der Waals surface area contributed by atoms with Crippen LogP contribution in [-0.4, -0.2) is 41.8 Å². The number of aromatic amines is 1. The summed E-state index contributed by atoms with van der Waals surface area (Å²) in [6.07, 6.45) is 2.63. The molecule has 1 aromatic rings. The molecule has 0 spiro atoms. The molecule has 4 nitrogen and oxygen atoms in total. The van der Waals surface area contributed by atoms with Gasteiger partial charge in [-0.3, -0.25) is 5.10 Å². The molecule has 4 heteroatoms. The van der Waals surface area contributed by atoms with Crippen molar-refractivity contribution in [3.63, 3.8) is 0 Å². The van der Waals surface area contributed by atoms with E-state index in [4.69, 9.17) is 0 Å². The third-order valence-electron chi connectivity index (χ3n) is 2.93. The van der Waals surface area contributed by atoms with Crippen LogP contribution in [0.2, 0.25) is 0 Å². The lowest BCUT2D eigenvalue weighted by Crippen LogP contribution is -2.35. The molecule has 2 N–H and O–H groups in total. The Kier molecular flexibility index (Phi) is 3.61. The molecule has 0 radical (unpaired) electrons. The lowest BCUT2D eigenvalue weighted by atomic mass is 10.2. The number of rotatable bonds is 6. The van der Waals surface area contributed by atoms with Crippen molar-refractivity contribution in [2.45, 2.75) is 38.3 Å². The van der Waals surface area contributed by atoms with Gasteiger partial charge in [0.1, 0.15) is 0 Å². The van der Waals surface area contributed by atoms with Crippen molar-refractivity contribution >= 4 is 0 Å². The van der Waals surface area contributed by atoms with E-state index >= 15 is 0 Å². The molecular formula is C12H22N4. The molecule has 90 valence electrons. The van der Waals surface area contributed by atoms with E-state index in [0.717, 1.165) is 19.0 Å². The second kappa shape index (κ2) is 4.97. The van der Waals surface area contributed by atoms with Crippen LogP contribution in [0.15, 0.2) is 6.07 Å². The molecule has 1 aliphatic carbocycles. The Morgan fingerprint density at radius 1 is 1.56 bits per heavy atom. The van der Waals surface area contributed by atoms with Gasteiger partial charge in [0.15, 0.2) is 0 Å². The number of likely N-dealkylation sites (N-methyl/N-ethyl adjacent to an activating group) is 1. The number of hydrogen-bond acceptors (Lipinski definition) is 3. The van der Waals surface area contributed by atoms with E-state index in [1.807, 2.05) is 0 Å². The fourth-order valence-electron chi connectivity index (χ4n) is 1.95. The van der Waals surface area contributed by atoms with Crippen LogP contribution in [0.5, 0.6) is 0 Å². The van der Waals surface area contributed by atoms with E-state index < -0.39 is 0 Å². The van der Waals surface area contributed by atoms with Crippen LogP contribution < -0.4 is 5.32 Å². The third-order valence-corrected chi connectivity index (χ3v) is 2.93. The van der Waals surface area contributed by atoms with Gasteiger partial charge in [-0.05, 0) is 39.9 Å².